The van der Waals surface area contributed by atoms with Gasteiger partial charge in [-0.25, -0.2) is 17.6 Å². The Bertz CT molecular complexity index is 475. The lowest BCUT2D eigenvalue weighted by Gasteiger charge is -2.07. The van der Waals surface area contributed by atoms with E-state index in [1.54, 1.807) is 0 Å². The first-order chi connectivity index (χ1) is 7.41. The van der Waals surface area contributed by atoms with Crippen LogP contribution < -0.4 is 0 Å². The Kier molecular flexibility index (Phi) is 4.19. The zero-order valence-corrected chi connectivity index (χ0v) is 10.2. The number of hydrogen-bond acceptors (Lipinski definition) is 0. The Morgan fingerprint density at radius 1 is 1.12 bits per heavy atom. The third kappa shape index (κ3) is 2.17. The first kappa shape index (κ1) is 13.3. The topological polar surface area (TPSA) is 0 Å². The number of benzene rings is 1. The highest BCUT2D eigenvalue weighted by atomic mass is 79.9. The SMILES string of the molecule is CC(=C=CBr)c1c(F)c(F)c(Cl)c(F)c1F. The fraction of sp³-hybridized carbons (Fsp3) is 0.100. The monoisotopic (exact) mass is 314 g/mol. The van der Waals surface area contributed by atoms with Gasteiger partial charge in [-0.15, -0.1) is 5.73 Å². The van der Waals surface area contributed by atoms with E-state index in [1.807, 2.05) is 0 Å². The summed E-state index contributed by atoms with van der Waals surface area (Å²) >= 11 is 7.90. The molecule has 16 heavy (non-hydrogen) atoms. The normalized spacial score (nSPS) is 9.94. The summed E-state index contributed by atoms with van der Waals surface area (Å²) in [6, 6.07) is 0. The summed E-state index contributed by atoms with van der Waals surface area (Å²) in [5.74, 6) is -6.32. The first-order valence-corrected chi connectivity index (χ1v) is 5.25. The van der Waals surface area contributed by atoms with E-state index in [2.05, 4.69) is 21.7 Å². The van der Waals surface area contributed by atoms with Crippen molar-refractivity contribution in [3.8, 4) is 0 Å². The van der Waals surface area contributed by atoms with Gasteiger partial charge in [-0.1, -0.05) is 27.5 Å². The van der Waals surface area contributed by atoms with Crippen molar-refractivity contribution in [3.63, 3.8) is 0 Å². The van der Waals surface area contributed by atoms with Gasteiger partial charge in [0.2, 0.25) is 0 Å². The Morgan fingerprint density at radius 2 is 1.56 bits per heavy atom. The molecule has 1 aromatic carbocycles. The molecule has 0 spiro atoms. The van der Waals surface area contributed by atoms with Crippen LogP contribution in [0.3, 0.4) is 0 Å². The zero-order chi connectivity index (χ0) is 12.5. The molecule has 0 heterocycles. The predicted octanol–water partition coefficient (Wildman–Crippen LogP) is 4.81. The molecule has 0 aliphatic heterocycles. The molecule has 0 radical (unpaired) electrons. The van der Waals surface area contributed by atoms with Crippen LogP contribution in [0, 0.1) is 23.3 Å². The second-order valence-corrected chi connectivity index (χ2v) is 3.66. The maximum atomic E-state index is 13.3. The average Bonchev–Trinajstić information content (AvgIpc) is 2.24. The van der Waals surface area contributed by atoms with E-state index in [9.17, 15) is 17.6 Å². The van der Waals surface area contributed by atoms with Crippen LogP contribution in [0.1, 0.15) is 12.5 Å². The second kappa shape index (κ2) is 5.04. The molecule has 0 fully saturated rings. The molecule has 0 nitrogen and oxygen atoms in total. The van der Waals surface area contributed by atoms with Crippen LogP contribution in [0.2, 0.25) is 5.02 Å². The van der Waals surface area contributed by atoms with E-state index >= 15 is 0 Å². The van der Waals surface area contributed by atoms with Crippen LogP contribution in [0.15, 0.2) is 10.7 Å². The molecule has 0 unspecified atom stereocenters. The van der Waals surface area contributed by atoms with Gasteiger partial charge >= 0.3 is 0 Å². The summed E-state index contributed by atoms with van der Waals surface area (Å²) in [5, 5.41) is -1.20. The average molecular weight is 315 g/mol. The first-order valence-electron chi connectivity index (χ1n) is 3.95. The highest BCUT2D eigenvalue weighted by molar-refractivity contribution is 9.11. The van der Waals surface area contributed by atoms with Gasteiger partial charge in [0.25, 0.3) is 0 Å². The molecular weight excluding hydrogens is 311 g/mol. The number of hydrogen-bond donors (Lipinski definition) is 0. The molecule has 1 aromatic rings. The van der Waals surface area contributed by atoms with Crippen LogP contribution in [-0.2, 0) is 0 Å². The third-order valence-electron chi connectivity index (χ3n) is 1.86. The molecular formula is C10H4BrClF4. The number of halogens is 6. The van der Waals surface area contributed by atoms with Gasteiger partial charge in [-0.3, -0.25) is 0 Å². The molecule has 0 saturated heterocycles. The van der Waals surface area contributed by atoms with E-state index in [0.29, 0.717) is 0 Å². The maximum Gasteiger partial charge on any atom is 0.181 e. The predicted molar refractivity (Wildman–Crippen MR) is 57.4 cm³/mol. The minimum Gasteiger partial charge on any atom is -0.203 e. The molecule has 0 aromatic heterocycles. The number of rotatable bonds is 1. The van der Waals surface area contributed by atoms with Crippen molar-refractivity contribution in [1.29, 1.82) is 0 Å². The standard InChI is InChI=1S/C10H4BrClF4/c1-4(2-3-11)5-7(13)9(15)6(12)10(16)8(5)14/h3H,1H3. The summed E-state index contributed by atoms with van der Waals surface area (Å²) < 4.78 is 52.8. The van der Waals surface area contributed by atoms with Crippen LogP contribution in [0.25, 0.3) is 5.57 Å². The Hall–Kier alpha value is -0.770. The lowest BCUT2D eigenvalue weighted by Crippen LogP contribution is -2.02. The van der Waals surface area contributed by atoms with Crippen molar-refractivity contribution in [2.75, 3.05) is 0 Å². The molecule has 0 N–H and O–H groups in total. The van der Waals surface area contributed by atoms with E-state index < -0.39 is 33.9 Å². The Morgan fingerprint density at radius 3 is 1.94 bits per heavy atom. The Balaban J connectivity index is 3.71. The van der Waals surface area contributed by atoms with Crippen LogP contribution >= 0.6 is 27.5 Å². The third-order valence-corrected chi connectivity index (χ3v) is 2.42. The van der Waals surface area contributed by atoms with Crippen LogP contribution in [-0.4, -0.2) is 0 Å². The van der Waals surface area contributed by atoms with Gasteiger partial charge < -0.3 is 0 Å². The summed E-state index contributed by atoms with van der Waals surface area (Å²) in [7, 11) is 0. The van der Waals surface area contributed by atoms with Gasteiger partial charge in [-0.2, -0.15) is 0 Å². The van der Waals surface area contributed by atoms with E-state index in [-0.39, 0.29) is 5.57 Å². The molecule has 0 atom stereocenters. The lowest BCUT2D eigenvalue weighted by atomic mass is 10.1. The molecule has 0 saturated carbocycles. The largest absolute Gasteiger partial charge is 0.203 e. The van der Waals surface area contributed by atoms with Crippen molar-refractivity contribution in [1.82, 2.24) is 0 Å². The maximum absolute atomic E-state index is 13.3. The highest BCUT2D eigenvalue weighted by Crippen LogP contribution is 2.31. The smallest absolute Gasteiger partial charge is 0.181 e. The quantitative estimate of drug-likeness (QED) is 0.302. The van der Waals surface area contributed by atoms with Gasteiger partial charge in [0.15, 0.2) is 23.3 Å². The van der Waals surface area contributed by atoms with Gasteiger partial charge in [-0.05, 0) is 6.92 Å². The summed E-state index contributed by atoms with van der Waals surface area (Å²) in [6.07, 6.45) is 0. The van der Waals surface area contributed by atoms with Crippen molar-refractivity contribution in [3.05, 3.63) is 44.6 Å². The van der Waals surface area contributed by atoms with E-state index in [0.717, 1.165) is 0 Å². The minimum absolute atomic E-state index is 0.0960. The van der Waals surface area contributed by atoms with Crippen molar-refractivity contribution >= 4 is 33.1 Å². The molecule has 6 heteroatoms. The zero-order valence-electron chi connectivity index (χ0n) is 7.85. The van der Waals surface area contributed by atoms with Crippen LogP contribution in [0.4, 0.5) is 17.6 Å². The molecule has 0 amide bonds. The van der Waals surface area contributed by atoms with Crippen molar-refractivity contribution in [2.24, 2.45) is 0 Å². The van der Waals surface area contributed by atoms with Crippen molar-refractivity contribution < 1.29 is 17.6 Å². The minimum atomic E-state index is -1.62. The highest BCUT2D eigenvalue weighted by Gasteiger charge is 2.24. The molecule has 0 bridgehead atoms. The fourth-order valence-electron chi connectivity index (χ4n) is 1.09. The van der Waals surface area contributed by atoms with E-state index in [4.69, 9.17) is 11.6 Å². The summed E-state index contributed by atoms with van der Waals surface area (Å²) in [5.41, 5.74) is 1.45. The molecule has 0 aliphatic rings. The number of allylic oxidation sites excluding steroid dienone is 1. The Labute approximate surface area is 102 Å². The van der Waals surface area contributed by atoms with Gasteiger partial charge in [0, 0.05) is 10.6 Å². The lowest BCUT2D eigenvalue weighted by molar-refractivity contribution is 0.451. The molecule has 0 aliphatic carbocycles. The van der Waals surface area contributed by atoms with E-state index in [1.165, 1.54) is 11.9 Å². The molecule has 86 valence electrons. The molecule has 1 rings (SSSR count). The van der Waals surface area contributed by atoms with Gasteiger partial charge in [0.05, 0.1) is 5.56 Å². The fourth-order valence-corrected chi connectivity index (χ4v) is 1.60. The van der Waals surface area contributed by atoms with Gasteiger partial charge in [0.1, 0.15) is 5.02 Å². The summed E-state index contributed by atoms with van der Waals surface area (Å²) in [4.78, 5) is 1.19. The van der Waals surface area contributed by atoms with Crippen LogP contribution in [0.5, 0.6) is 0 Å². The summed E-state index contributed by atoms with van der Waals surface area (Å²) in [6.45, 7) is 1.26. The van der Waals surface area contributed by atoms with Crippen molar-refractivity contribution in [2.45, 2.75) is 6.92 Å². The second-order valence-electron chi connectivity index (χ2n) is 2.82.